The molecular formula is C16H25NO4. The Kier molecular flexibility index (Phi) is 5.34. The molecule has 118 valence electrons. The van der Waals surface area contributed by atoms with Gasteiger partial charge in [0.2, 0.25) is 5.88 Å². The zero-order valence-electron chi connectivity index (χ0n) is 13.7. The molecule has 1 heterocycles. The quantitative estimate of drug-likeness (QED) is 0.872. The molecule has 0 bridgehead atoms. The van der Waals surface area contributed by atoms with Crippen molar-refractivity contribution in [1.29, 1.82) is 0 Å². The van der Waals surface area contributed by atoms with Gasteiger partial charge in [-0.1, -0.05) is 20.8 Å². The van der Waals surface area contributed by atoms with Crippen molar-refractivity contribution in [2.75, 3.05) is 13.7 Å². The fraction of sp³-hybridized carbons (Fsp3) is 0.625. The first-order valence-electron chi connectivity index (χ1n) is 6.99. The number of rotatable bonds is 6. The zero-order valence-corrected chi connectivity index (χ0v) is 13.7. The van der Waals surface area contributed by atoms with Gasteiger partial charge in [0.1, 0.15) is 0 Å². The van der Waals surface area contributed by atoms with Crippen LogP contribution >= 0.6 is 0 Å². The Morgan fingerprint density at radius 3 is 2.33 bits per heavy atom. The minimum Gasteiger partial charge on any atom is -0.478 e. The van der Waals surface area contributed by atoms with Gasteiger partial charge in [0.25, 0.3) is 0 Å². The first kappa shape index (κ1) is 17.4. The molecule has 0 aliphatic rings. The maximum atomic E-state index is 11.2. The van der Waals surface area contributed by atoms with Crippen LogP contribution in [0.1, 0.15) is 57.1 Å². The van der Waals surface area contributed by atoms with Crippen LogP contribution in [0.25, 0.3) is 0 Å². The monoisotopic (exact) mass is 295 g/mol. The third-order valence-electron chi connectivity index (χ3n) is 3.32. The maximum absolute atomic E-state index is 11.2. The first-order chi connectivity index (χ1) is 9.55. The SMILES string of the molecule is COC(C)(C)CCOc1cc(C(=O)O)cc(C(C)(C)C)n1. The van der Waals surface area contributed by atoms with Gasteiger partial charge in [0, 0.05) is 25.0 Å². The van der Waals surface area contributed by atoms with E-state index in [2.05, 4.69) is 4.98 Å². The fourth-order valence-electron chi connectivity index (χ4n) is 1.59. The molecule has 0 aliphatic heterocycles. The Balaban J connectivity index is 2.91. The number of hydrogen-bond donors (Lipinski definition) is 1. The van der Waals surface area contributed by atoms with Crippen LogP contribution in [-0.2, 0) is 10.2 Å². The zero-order chi connectivity index (χ0) is 16.3. The van der Waals surface area contributed by atoms with Crippen molar-refractivity contribution in [3.8, 4) is 5.88 Å². The van der Waals surface area contributed by atoms with Gasteiger partial charge in [-0.2, -0.15) is 0 Å². The van der Waals surface area contributed by atoms with Gasteiger partial charge in [-0.15, -0.1) is 0 Å². The Morgan fingerprint density at radius 1 is 1.24 bits per heavy atom. The van der Waals surface area contributed by atoms with Crippen LogP contribution in [-0.4, -0.2) is 35.4 Å². The van der Waals surface area contributed by atoms with E-state index in [1.165, 1.54) is 6.07 Å². The average molecular weight is 295 g/mol. The van der Waals surface area contributed by atoms with E-state index in [1.807, 2.05) is 34.6 Å². The lowest BCUT2D eigenvalue weighted by Gasteiger charge is -2.23. The summed E-state index contributed by atoms with van der Waals surface area (Å²) in [5, 5.41) is 9.19. The Labute approximate surface area is 126 Å². The Bertz CT molecular complexity index is 503. The van der Waals surface area contributed by atoms with Crippen molar-refractivity contribution in [2.24, 2.45) is 0 Å². The van der Waals surface area contributed by atoms with Crippen LogP contribution in [0, 0.1) is 0 Å². The molecule has 21 heavy (non-hydrogen) atoms. The minimum absolute atomic E-state index is 0.191. The average Bonchev–Trinajstić information content (AvgIpc) is 2.37. The number of ether oxygens (including phenoxy) is 2. The molecule has 0 amide bonds. The summed E-state index contributed by atoms with van der Waals surface area (Å²) < 4.78 is 10.9. The van der Waals surface area contributed by atoms with E-state index in [0.29, 0.717) is 24.6 Å². The molecule has 1 aromatic rings. The van der Waals surface area contributed by atoms with E-state index >= 15 is 0 Å². The summed E-state index contributed by atoms with van der Waals surface area (Å²) in [6.07, 6.45) is 0.688. The molecule has 1 rings (SSSR count). The molecule has 0 aliphatic carbocycles. The lowest BCUT2D eigenvalue weighted by molar-refractivity contribution is 0.00502. The Hall–Kier alpha value is -1.62. The topological polar surface area (TPSA) is 68.7 Å². The standard InChI is InChI=1S/C16H25NO4/c1-15(2,3)12-9-11(14(18)19)10-13(17-12)21-8-7-16(4,5)20-6/h9-10H,7-8H2,1-6H3,(H,18,19). The summed E-state index contributed by atoms with van der Waals surface area (Å²) >= 11 is 0. The summed E-state index contributed by atoms with van der Waals surface area (Å²) in [5.74, 6) is -0.642. The molecule has 0 saturated heterocycles. The largest absolute Gasteiger partial charge is 0.478 e. The van der Waals surface area contributed by atoms with E-state index in [-0.39, 0.29) is 16.6 Å². The van der Waals surface area contributed by atoms with E-state index in [0.717, 1.165) is 0 Å². The lowest BCUT2D eigenvalue weighted by Crippen LogP contribution is -2.25. The molecule has 1 N–H and O–H groups in total. The molecule has 0 saturated carbocycles. The van der Waals surface area contributed by atoms with Crippen molar-refractivity contribution in [2.45, 2.75) is 52.1 Å². The summed E-state index contributed by atoms with van der Waals surface area (Å²) in [7, 11) is 1.65. The highest BCUT2D eigenvalue weighted by atomic mass is 16.5. The molecule has 0 fully saturated rings. The van der Waals surface area contributed by atoms with Gasteiger partial charge in [0.15, 0.2) is 0 Å². The van der Waals surface area contributed by atoms with Gasteiger partial charge >= 0.3 is 5.97 Å². The number of hydrogen-bond acceptors (Lipinski definition) is 4. The van der Waals surface area contributed by atoms with Gasteiger partial charge in [-0.25, -0.2) is 9.78 Å². The third-order valence-corrected chi connectivity index (χ3v) is 3.32. The molecular weight excluding hydrogens is 270 g/mol. The van der Waals surface area contributed by atoms with Gasteiger partial charge in [-0.3, -0.25) is 0 Å². The van der Waals surface area contributed by atoms with E-state index < -0.39 is 5.97 Å². The number of pyridine rings is 1. The van der Waals surface area contributed by atoms with Crippen LogP contribution in [0.4, 0.5) is 0 Å². The van der Waals surface area contributed by atoms with Crippen LogP contribution in [0.2, 0.25) is 0 Å². The van der Waals surface area contributed by atoms with Crippen molar-refractivity contribution in [3.63, 3.8) is 0 Å². The van der Waals surface area contributed by atoms with Gasteiger partial charge < -0.3 is 14.6 Å². The number of carbonyl (C=O) groups is 1. The van der Waals surface area contributed by atoms with Crippen LogP contribution in [0.5, 0.6) is 5.88 Å². The molecule has 0 aromatic carbocycles. The summed E-state index contributed by atoms with van der Waals surface area (Å²) in [6.45, 7) is 10.3. The summed E-state index contributed by atoms with van der Waals surface area (Å²) in [6, 6.07) is 3.05. The van der Waals surface area contributed by atoms with E-state index in [4.69, 9.17) is 9.47 Å². The number of carboxylic acids is 1. The predicted octanol–water partition coefficient (Wildman–Crippen LogP) is 3.27. The smallest absolute Gasteiger partial charge is 0.335 e. The summed E-state index contributed by atoms with van der Waals surface area (Å²) in [4.78, 5) is 15.6. The second kappa shape index (κ2) is 6.43. The minimum atomic E-state index is -0.982. The predicted molar refractivity (Wildman–Crippen MR) is 81.1 cm³/mol. The molecule has 0 unspecified atom stereocenters. The number of nitrogens with zero attached hydrogens (tertiary/aromatic N) is 1. The van der Waals surface area contributed by atoms with Crippen molar-refractivity contribution < 1.29 is 19.4 Å². The first-order valence-corrected chi connectivity index (χ1v) is 6.99. The van der Waals surface area contributed by atoms with Crippen LogP contribution in [0.15, 0.2) is 12.1 Å². The van der Waals surface area contributed by atoms with E-state index in [9.17, 15) is 9.90 Å². The lowest BCUT2D eigenvalue weighted by atomic mass is 9.91. The van der Waals surface area contributed by atoms with Gasteiger partial charge in [-0.05, 0) is 19.9 Å². The van der Waals surface area contributed by atoms with E-state index in [1.54, 1.807) is 13.2 Å². The number of carboxylic acid groups (broad SMARTS) is 1. The van der Waals surface area contributed by atoms with Crippen molar-refractivity contribution >= 4 is 5.97 Å². The second-order valence-corrected chi connectivity index (χ2v) is 6.70. The molecule has 5 nitrogen and oxygen atoms in total. The molecule has 0 radical (unpaired) electrons. The fourth-order valence-corrected chi connectivity index (χ4v) is 1.59. The van der Waals surface area contributed by atoms with Crippen LogP contribution in [0.3, 0.4) is 0 Å². The molecule has 0 atom stereocenters. The van der Waals surface area contributed by atoms with Crippen LogP contribution < -0.4 is 4.74 Å². The molecule has 1 aromatic heterocycles. The second-order valence-electron chi connectivity index (χ2n) is 6.70. The highest BCUT2D eigenvalue weighted by molar-refractivity contribution is 5.88. The highest BCUT2D eigenvalue weighted by Crippen LogP contribution is 2.24. The number of aromatic carboxylic acids is 1. The van der Waals surface area contributed by atoms with Gasteiger partial charge in [0.05, 0.1) is 23.5 Å². The third kappa shape index (κ3) is 5.34. The van der Waals surface area contributed by atoms with Crippen molar-refractivity contribution in [3.05, 3.63) is 23.4 Å². The Morgan fingerprint density at radius 2 is 1.86 bits per heavy atom. The normalized spacial score (nSPS) is 12.3. The maximum Gasteiger partial charge on any atom is 0.335 e. The van der Waals surface area contributed by atoms with Crippen molar-refractivity contribution in [1.82, 2.24) is 4.98 Å². The summed E-state index contributed by atoms with van der Waals surface area (Å²) in [5.41, 5.74) is 0.367. The number of methoxy groups -OCH3 is 1. The molecule has 5 heteroatoms. The highest BCUT2D eigenvalue weighted by Gasteiger charge is 2.20. The number of aromatic nitrogens is 1. The molecule has 0 spiro atoms.